The van der Waals surface area contributed by atoms with E-state index in [9.17, 15) is 8.42 Å². The van der Waals surface area contributed by atoms with Gasteiger partial charge < -0.3 is 9.30 Å². The summed E-state index contributed by atoms with van der Waals surface area (Å²) in [4.78, 5) is 8.35. The standard InChI is InChI=1S/C16H20N4O3S/c21-24(22,15-3-4-15)20-10-13(9-19-7-6-18-16(19)11-20)12-23-14-2-1-5-17-8-14/h1-2,5-8,13,15H,3-4,9-12H2/t13-/m0/s1. The highest BCUT2D eigenvalue weighted by molar-refractivity contribution is 7.90. The molecule has 1 saturated carbocycles. The molecule has 7 nitrogen and oxygen atoms in total. The molecule has 0 spiro atoms. The topological polar surface area (TPSA) is 77.3 Å². The highest BCUT2D eigenvalue weighted by Crippen LogP contribution is 2.33. The van der Waals surface area contributed by atoms with Crippen molar-refractivity contribution >= 4 is 10.0 Å². The predicted molar refractivity (Wildman–Crippen MR) is 87.8 cm³/mol. The number of ether oxygens (including phenoxy) is 1. The van der Waals surface area contributed by atoms with Crippen LogP contribution in [0.4, 0.5) is 0 Å². The fraction of sp³-hybridized carbons (Fsp3) is 0.500. The minimum absolute atomic E-state index is 0.0641. The Kier molecular flexibility index (Phi) is 4.01. The number of imidazole rings is 1. The van der Waals surface area contributed by atoms with Crippen molar-refractivity contribution < 1.29 is 13.2 Å². The summed E-state index contributed by atoms with van der Waals surface area (Å²) in [7, 11) is -3.24. The second-order valence-electron chi connectivity index (χ2n) is 6.40. The molecule has 0 aromatic carbocycles. The number of sulfonamides is 1. The van der Waals surface area contributed by atoms with Gasteiger partial charge in [-0.2, -0.15) is 4.31 Å². The lowest BCUT2D eigenvalue weighted by Gasteiger charge is -2.23. The highest BCUT2D eigenvalue weighted by atomic mass is 32.2. The van der Waals surface area contributed by atoms with Gasteiger partial charge in [0.2, 0.25) is 10.0 Å². The lowest BCUT2D eigenvalue weighted by Crippen LogP contribution is -2.37. The molecule has 1 aliphatic heterocycles. The first-order chi connectivity index (χ1) is 11.6. The van der Waals surface area contributed by atoms with Gasteiger partial charge in [0.25, 0.3) is 0 Å². The van der Waals surface area contributed by atoms with Crippen molar-refractivity contribution in [3.8, 4) is 5.75 Å². The molecule has 2 aromatic heterocycles. The van der Waals surface area contributed by atoms with Crippen LogP contribution in [0.1, 0.15) is 18.7 Å². The first-order valence-electron chi connectivity index (χ1n) is 8.15. The van der Waals surface area contributed by atoms with Crippen molar-refractivity contribution in [1.82, 2.24) is 18.8 Å². The molecule has 1 atom stereocenters. The molecule has 4 rings (SSSR count). The van der Waals surface area contributed by atoms with Crippen LogP contribution in [0.25, 0.3) is 0 Å². The molecule has 0 amide bonds. The lowest BCUT2D eigenvalue weighted by molar-refractivity contribution is 0.211. The Morgan fingerprint density at radius 3 is 2.88 bits per heavy atom. The zero-order chi connectivity index (χ0) is 16.6. The van der Waals surface area contributed by atoms with E-state index in [1.807, 2.05) is 22.9 Å². The molecule has 3 heterocycles. The molecule has 0 N–H and O–H groups in total. The highest BCUT2D eigenvalue weighted by Gasteiger charge is 2.42. The van der Waals surface area contributed by atoms with E-state index in [2.05, 4.69) is 9.97 Å². The van der Waals surface area contributed by atoms with Crippen LogP contribution in [-0.4, -0.2) is 45.7 Å². The SMILES string of the molecule is O=S(=O)(C1CC1)N1Cc2nccn2C[C@H](COc2cccnc2)C1. The Balaban J connectivity index is 1.53. The van der Waals surface area contributed by atoms with Crippen LogP contribution >= 0.6 is 0 Å². The van der Waals surface area contributed by atoms with Gasteiger partial charge in [0.05, 0.1) is 24.6 Å². The molecule has 1 aliphatic carbocycles. The molecule has 0 bridgehead atoms. The maximum Gasteiger partial charge on any atom is 0.217 e. The summed E-state index contributed by atoms with van der Waals surface area (Å²) >= 11 is 0. The predicted octanol–water partition coefficient (Wildman–Crippen LogP) is 1.28. The Labute approximate surface area is 141 Å². The average Bonchev–Trinajstić information content (AvgIpc) is 3.38. The van der Waals surface area contributed by atoms with Crippen molar-refractivity contribution in [2.45, 2.75) is 31.2 Å². The second kappa shape index (κ2) is 6.18. The molecule has 2 aromatic rings. The van der Waals surface area contributed by atoms with E-state index in [-0.39, 0.29) is 11.2 Å². The van der Waals surface area contributed by atoms with Crippen molar-refractivity contribution in [2.24, 2.45) is 5.92 Å². The number of hydrogen-bond donors (Lipinski definition) is 0. The minimum Gasteiger partial charge on any atom is -0.492 e. The Hall–Kier alpha value is -1.93. The summed E-state index contributed by atoms with van der Waals surface area (Å²) in [6.07, 6.45) is 8.52. The van der Waals surface area contributed by atoms with Crippen LogP contribution in [0.15, 0.2) is 36.9 Å². The number of rotatable bonds is 5. The monoisotopic (exact) mass is 348 g/mol. The molecule has 24 heavy (non-hydrogen) atoms. The van der Waals surface area contributed by atoms with Crippen LogP contribution in [0.2, 0.25) is 0 Å². The van der Waals surface area contributed by atoms with Crippen molar-refractivity contribution in [3.05, 3.63) is 42.7 Å². The molecule has 0 radical (unpaired) electrons. The third kappa shape index (κ3) is 3.16. The van der Waals surface area contributed by atoms with E-state index in [1.54, 1.807) is 22.9 Å². The normalized spacial score (nSPS) is 21.9. The van der Waals surface area contributed by atoms with Crippen LogP contribution in [-0.2, 0) is 23.1 Å². The largest absolute Gasteiger partial charge is 0.492 e. The fourth-order valence-corrected chi connectivity index (χ4v) is 4.89. The van der Waals surface area contributed by atoms with Gasteiger partial charge in [0.1, 0.15) is 11.6 Å². The lowest BCUT2D eigenvalue weighted by atomic mass is 10.1. The Morgan fingerprint density at radius 2 is 2.12 bits per heavy atom. The molecule has 0 saturated heterocycles. The maximum absolute atomic E-state index is 12.7. The maximum atomic E-state index is 12.7. The summed E-state index contributed by atoms with van der Waals surface area (Å²) in [6, 6.07) is 3.67. The van der Waals surface area contributed by atoms with Gasteiger partial charge >= 0.3 is 0 Å². The smallest absolute Gasteiger partial charge is 0.217 e. The van der Waals surface area contributed by atoms with Gasteiger partial charge in [-0.25, -0.2) is 13.4 Å². The van der Waals surface area contributed by atoms with Crippen molar-refractivity contribution in [3.63, 3.8) is 0 Å². The van der Waals surface area contributed by atoms with Gasteiger partial charge in [-0.05, 0) is 25.0 Å². The van der Waals surface area contributed by atoms with Crippen LogP contribution < -0.4 is 4.74 Å². The van der Waals surface area contributed by atoms with E-state index in [0.29, 0.717) is 32.0 Å². The summed E-state index contributed by atoms with van der Waals surface area (Å²) in [5.41, 5.74) is 0. The number of fused-ring (bicyclic) bond motifs is 1. The van der Waals surface area contributed by atoms with Gasteiger partial charge in [0.15, 0.2) is 0 Å². The first kappa shape index (κ1) is 15.6. The molecule has 0 unspecified atom stereocenters. The van der Waals surface area contributed by atoms with E-state index >= 15 is 0 Å². The zero-order valence-corrected chi connectivity index (χ0v) is 14.1. The van der Waals surface area contributed by atoms with E-state index in [0.717, 1.165) is 18.7 Å². The summed E-state index contributed by atoms with van der Waals surface area (Å²) in [5.74, 6) is 1.56. The van der Waals surface area contributed by atoms with E-state index in [4.69, 9.17) is 4.74 Å². The molecular formula is C16H20N4O3S. The average molecular weight is 348 g/mol. The third-order valence-corrected chi connectivity index (χ3v) is 6.77. The summed E-state index contributed by atoms with van der Waals surface area (Å²) < 4.78 is 34.8. The van der Waals surface area contributed by atoms with Gasteiger partial charge in [-0.1, -0.05) is 0 Å². The first-order valence-corrected chi connectivity index (χ1v) is 9.65. The summed E-state index contributed by atoms with van der Waals surface area (Å²) in [5, 5.41) is -0.209. The van der Waals surface area contributed by atoms with E-state index in [1.165, 1.54) is 0 Å². The molecule has 2 aliphatic rings. The minimum atomic E-state index is -3.24. The summed E-state index contributed by atoms with van der Waals surface area (Å²) in [6.45, 7) is 1.95. The Bertz CT molecular complexity index is 802. The van der Waals surface area contributed by atoms with Crippen molar-refractivity contribution in [2.75, 3.05) is 13.2 Å². The third-order valence-electron chi connectivity index (χ3n) is 4.46. The number of nitrogens with zero attached hydrogens (tertiary/aromatic N) is 4. The van der Waals surface area contributed by atoms with E-state index < -0.39 is 10.0 Å². The fourth-order valence-electron chi connectivity index (χ4n) is 3.03. The number of pyridine rings is 1. The molecule has 128 valence electrons. The van der Waals surface area contributed by atoms with Gasteiger partial charge in [0, 0.05) is 37.6 Å². The van der Waals surface area contributed by atoms with Crippen LogP contribution in [0, 0.1) is 5.92 Å². The number of hydrogen-bond acceptors (Lipinski definition) is 5. The van der Waals surface area contributed by atoms with Gasteiger partial charge in [-0.15, -0.1) is 0 Å². The molecular weight excluding hydrogens is 328 g/mol. The number of aromatic nitrogens is 3. The molecule has 1 fully saturated rings. The zero-order valence-electron chi connectivity index (χ0n) is 13.3. The quantitative estimate of drug-likeness (QED) is 0.813. The van der Waals surface area contributed by atoms with Gasteiger partial charge in [-0.3, -0.25) is 4.98 Å². The van der Waals surface area contributed by atoms with Crippen LogP contribution in [0.5, 0.6) is 5.75 Å². The Morgan fingerprint density at radius 1 is 1.25 bits per heavy atom. The van der Waals surface area contributed by atoms with Crippen molar-refractivity contribution in [1.29, 1.82) is 0 Å². The second-order valence-corrected chi connectivity index (χ2v) is 8.61. The molecule has 8 heteroatoms. The van der Waals surface area contributed by atoms with Crippen LogP contribution in [0.3, 0.4) is 0 Å².